The van der Waals surface area contributed by atoms with Crippen molar-refractivity contribution in [2.24, 2.45) is 5.18 Å². The maximum Gasteiger partial charge on any atom is 0.0851 e. The molecule has 1 aromatic carbocycles. The average Bonchev–Trinajstić information content (AvgIpc) is 2.47. The zero-order valence-electron chi connectivity index (χ0n) is 11.5. The summed E-state index contributed by atoms with van der Waals surface area (Å²) in [5.74, 6) is 0. The van der Waals surface area contributed by atoms with Crippen LogP contribution in [0.25, 0.3) is 0 Å². The molecule has 0 aliphatic carbocycles. The van der Waals surface area contributed by atoms with Gasteiger partial charge in [0.25, 0.3) is 0 Å². The summed E-state index contributed by atoms with van der Waals surface area (Å²) in [5, 5.41) is 6.33. The number of nitrogens with zero attached hydrogens (tertiary/aromatic N) is 2. The lowest BCUT2D eigenvalue weighted by molar-refractivity contribution is 0.237. The summed E-state index contributed by atoms with van der Waals surface area (Å²) in [6.07, 6.45) is 4.82. The summed E-state index contributed by atoms with van der Waals surface area (Å²) in [4.78, 5) is 12.6. The van der Waals surface area contributed by atoms with Gasteiger partial charge in [-0.3, -0.25) is 0 Å². The van der Waals surface area contributed by atoms with Crippen molar-refractivity contribution in [2.75, 3.05) is 38.0 Å². The number of rotatable bonds is 7. The Morgan fingerprint density at radius 2 is 1.84 bits per heavy atom. The van der Waals surface area contributed by atoms with Crippen LogP contribution >= 0.6 is 0 Å². The average molecular weight is 261 g/mol. The summed E-state index contributed by atoms with van der Waals surface area (Å²) in [5.41, 5.74) is 2.32. The summed E-state index contributed by atoms with van der Waals surface area (Å²) in [7, 11) is 0. The third kappa shape index (κ3) is 4.99. The summed E-state index contributed by atoms with van der Waals surface area (Å²) in [6.45, 7) is 4.98. The lowest BCUT2D eigenvalue weighted by Gasteiger charge is -2.26. The Balaban J connectivity index is 1.68. The van der Waals surface area contributed by atoms with Crippen LogP contribution in [0.4, 0.5) is 5.69 Å². The number of hydrogen-bond donors (Lipinski definition) is 1. The van der Waals surface area contributed by atoms with Gasteiger partial charge in [-0.2, -0.15) is 4.91 Å². The van der Waals surface area contributed by atoms with Gasteiger partial charge in [0.1, 0.15) is 0 Å². The molecular weight excluding hydrogens is 238 g/mol. The molecular formula is C15H23N3O. The Hall–Kier alpha value is -1.42. The van der Waals surface area contributed by atoms with Crippen LogP contribution in [-0.4, -0.2) is 37.6 Å². The molecule has 0 saturated carbocycles. The van der Waals surface area contributed by atoms with E-state index in [2.05, 4.69) is 39.7 Å². The largest absolute Gasteiger partial charge is 0.384 e. The molecule has 19 heavy (non-hydrogen) atoms. The highest BCUT2D eigenvalue weighted by Gasteiger charge is 2.08. The van der Waals surface area contributed by atoms with Crippen molar-refractivity contribution in [3.63, 3.8) is 0 Å². The topological polar surface area (TPSA) is 44.7 Å². The summed E-state index contributed by atoms with van der Waals surface area (Å²) < 4.78 is 0. The zero-order valence-corrected chi connectivity index (χ0v) is 11.5. The lowest BCUT2D eigenvalue weighted by Crippen LogP contribution is -2.33. The molecule has 0 atom stereocenters. The number of hydrogen-bond acceptors (Lipinski definition) is 4. The smallest absolute Gasteiger partial charge is 0.0851 e. The van der Waals surface area contributed by atoms with Gasteiger partial charge in [0.05, 0.1) is 6.54 Å². The van der Waals surface area contributed by atoms with E-state index in [1.165, 1.54) is 37.9 Å². The molecule has 1 saturated heterocycles. The van der Waals surface area contributed by atoms with Crippen molar-refractivity contribution in [3.05, 3.63) is 34.7 Å². The third-order valence-electron chi connectivity index (χ3n) is 3.65. The normalized spacial score (nSPS) is 16.2. The van der Waals surface area contributed by atoms with Crippen LogP contribution in [0.1, 0.15) is 24.8 Å². The number of nitroso groups, excluding NO2 is 1. The van der Waals surface area contributed by atoms with E-state index in [1.807, 2.05) is 0 Å². The molecule has 1 fully saturated rings. The fourth-order valence-corrected chi connectivity index (χ4v) is 2.51. The van der Waals surface area contributed by atoms with Crippen molar-refractivity contribution in [2.45, 2.75) is 25.7 Å². The lowest BCUT2D eigenvalue weighted by atomic mass is 10.1. The van der Waals surface area contributed by atoms with Crippen molar-refractivity contribution in [3.8, 4) is 0 Å². The van der Waals surface area contributed by atoms with E-state index in [9.17, 15) is 4.91 Å². The first kappa shape index (κ1) is 14.0. The monoisotopic (exact) mass is 261 g/mol. The van der Waals surface area contributed by atoms with E-state index < -0.39 is 0 Å². The van der Waals surface area contributed by atoms with Crippen molar-refractivity contribution >= 4 is 5.69 Å². The molecule has 4 heteroatoms. The van der Waals surface area contributed by atoms with Crippen LogP contribution < -0.4 is 5.32 Å². The molecule has 1 N–H and O–H groups in total. The van der Waals surface area contributed by atoms with Crippen LogP contribution in [0, 0.1) is 4.91 Å². The van der Waals surface area contributed by atoms with Gasteiger partial charge in [-0.1, -0.05) is 23.7 Å². The zero-order chi connectivity index (χ0) is 13.3. The van der Waals surface area contributed by atoms with Gasteiger partial charge in [-0.15, -0.1) is 0 Å². The molecule has 0 unspecified atom stereocenters. The highest BCUT2D eigenvalue weighted by Crippen LogP contribution is 2.11. The Bertz CT molecular complexity index is 371. The van der Waals surface area contributed by atoms with Gasteiger partial charge in [0.15, 0.2) is 0 Å². The van der Waals surface area contributed by atoms with Crippen molar-refractivity contribution in [1.29, 1.82) is 0 Å². The quantitative estimate of drug-likeness (QED) is 0.768. The van der Waals surface area contributed by atoms with Crippen LogP contribution in [0.5, 0.6) is 0 Å². The second-order valence-corrected chi connectivity index (χ2v) is 5.13. The molecule has 1 heterocycles. The van der Waals surface area contributed by atoms with E-state index >= 15 is 0 Å². The first-order valence-electron chi connectivity index (χ1n) is 7.23. The maximum atomic E-state index is 10.1. The number of piperidine rings is 1. The molecule has 4 nitrogen and oxygen atoms in total. The number of benzene rings is 1. The second-order valence-electron chi connectivity index (χ2n) is 5.13. The molecule has 104 valence electrons. The first-order chi connectivity index (χ1) is 9.38. The standard InChI is InChI=1S/C15H23N3O/c19-17-9-8-14-4-6-15(7-5-14)16-10-13-18-11-2-1-3-12-18/h4-7,16H,1-3,8-13H2. The minimum Gasteiger partial charge on any atom is -0.384 e. The summed E-state index contributed by atoms with van der Waals surface area (Å²) in [6, 6.07) is 8.29. The minimum atomic E-state index is 0.363. The Morgan fingerprint density at radius 3 is 2.53 bits per heavy atom. The van der Waals surface area contributed by atoms with Crippen LogP contribution in [0.3, 0.4) is 0 Å². The predicted molar refractivity (Wildman–Crippen MR) is 79.6 cm³/mol. The SMILES string of the molecule is O=NCCc1ccc(NCCN2CCCCC2)cc1. The first-order valence-corrected chi connectivity index (χ1v) is 7.23. The van der Waals surface area contributed by atoms with Crippen molar-refractivity contribution in [1.82, 2.24) is 4.90 Å². The Labute approximate surface area is 115 Å². The molecule has 1 aromatic rings. The van der Waals surface area contributed by atoms with Gasteiger partial charge < -0.3 is 10.2 Å². The highest BCUT2D eigenvalue weighted by molar-refractivity contribution is 5.44. The van der Waals surface area contributed by atoms with Gasteiger partial charge in [0, 0.05) is 18.8 Å². The number of likely N-dealkylation sites (tertiary alicyclic amines) is 1. The molecule has 1 aliphatic rings. The van der Waals surface area contributed by atoms with Gasteiger partial charge in [-0.05, 0) is 50.0 Å². The fraction of sp³-hybridized carbons (Fsp3) is 0.600. The maximum absolute atomic E-state index is 10.1. The number of nitrogens with one attached hydrogen (secondary N) is 1. The highest BCUT2D eigenvalue weighted by atomic mass is 16.3. The van der Waals surface area contributed by atoms with E-state index in [1.54, 1.807) is 0 Å². The molecule has 0 radical (unpaired) electrons. The van der Waals surface area contributed by atoms with Crippen LogP contribution in [0.2, 0.25) is 0 Å². The fourth-order valence-electron chi connectivity index (χ4n) is 2.51. The van der Waals surface area contributed by atoms with Crippen LogP contribution in [-0.2, 0) is 6.42 Å². The van der Waals surface area contributed by atoms with Gasteiger partial charge >= 0.3 is 0 Å². The molecule has 1 aliphatic heterocycles. The minimum absolute atomic E-state index is 0.363. The molecule has 0 spiro atoms. The Kier molecular flexibility index (Phi) is 5.82. The molecule has 2 rings (SSSR count). The summed E-state index contributed by atoms with van der Waals surface area (Å²) >= 11 is 0. The van der Waals surface area contributed by atoms with E-state index in [0.717, 1.165) is 25.2 Å². The van der Waals surface area contributed by atoms with Gasteiger partial charge in [0.2, 0.25) is 0 Å². The molecule has 0 bridgehead atoms. The molecule has 0 amide bonds. The predicted octanol–water partition coefficient (Wildman–Crippen LogP) is 2.89. The van der Waals surface area contributed by atoms with Crippen LogP contribution in [0.15, 0.2) is 29.4 Å². The third-order valence-corrected chi connectivity index (χ3v) is 3.65. The molecule has 0 aromatic heterocycles. The van der Waals surface area contributed by atoms with E-state index in [-0.39, 0.29) is 0 Å². The van der Waals surface area contributed by atoms with E-state index in [0.29, 0.717) is 6.54 Å². The van der Waals surface area contributed by atoms with Gasteiger partial charge in [-0.25, -0.2) is 0 Å². The van der Waals surface area contributed by atoms with E-state index in [4.69, 9.17) is 0 Å². The Morgan fingerprint density at radius 1 is 1.11 bits per heavy atom. The second kappa shape index (κ2) is 7.89. The number of anilines is 1. The van der Waals surface area contributed by atoms with Crippen molar-refractivity contribution < 1.29 is 0 Å².